The molecule has 1 aliphatic carbocycles. The van der Waals surface area contributed by atoms with Crippen molar-refractivity contribution in [2.75, 3.05) is 25.0 Å². The molecule has 1 N–H and O–H groups in total. The maximum Gasteiger partial charge on any atom is 0.128 e. The third kappa shape index (κ3) is 3.70. The van der Waals surface area contributed by atoms with Gasteiger partial charge in [-0.25, -0.2) is 9.37 Å². The quantitative estimate of drug-likeness (QED) is 0.848. The Hall–Kier alpha value is -1.94. The summed E-state index contributed by atoms with van der Waals surface area (Å²) in [6.45, 7) is 4.80. The van der Waals surface area contributed by atoms with E-state index in [1.807, 2.05) is 25.4 Å². The minimum Gasteiger partial charge on any atom is -0.360 e. The molecule has 2 aromatic rings. The largest absolute Gasteiger partial charge is 0.360 e. The number of hydrogen-bond acceptors (Lipinski definition) is 3. The molecule has 122 valence electrons. The maximum atomic E-state index is 13.1. The highest BCUT2D eigenvalue weighted by atomic mass is 19.1. The lowest BCUT2D eigenvalue weighted by molar-refractivity contribution is 0.570. The Bertz CT molecular complexity index is 633. The van der Waals surface area contributed by atoms with E-state index in [4.69, 9.17) is 0 Å². The predicted octanol–water partition coefficient (Wildman–Crippen LogP) is 3.50. The number of anilines is 1. The second-order valence-electron chi connectivity index (χ2n) is 6.43. The molecule has 1 aromatic carbocycles. The predicted molar refractivity (Wildman–Crippen MR) is 92.2 cm³/mol. The lowest BCUT2D eigenvalue weighted by atomic mass is 9.96. The molecule has 1 heterocycles. The van der Waals surface area contributed by atoms with Crippen LogP contribution >= 0.6 is 0 Å². The lowest BCUT2D eigenvalue weighted by Gasteiger charge is -2.17. The van der Waals surface area contributed by atoms with Crippen molar-refractivity contribution >= 4 is 5.82 Å². The van der Waals surface area contributed by atoms with Crippen LogP contribution in [0.5, 0.6) is 0 Å². The number of benzene rings is 1. The van der Waals surface area contributed by atoms with Crippen LogP contribution in [0.2, 0.25) is 0 Å². The van der Waals surface area contributed by atoms with E-state index < -0.39 is 0 Å². The summed E-state index contributed by atoms with van der Waals surface area (Å²) in [6, 6.07) is 11.1. The van der Waals surface area contributed by atoms with E-state index in [9.17, 15) is 4.39 Å². The Labute approximate surface area is 137 Å². The third-order valence-electron chi connectivity index (χ3n) is 4.78. The Morgan fingerprint density at radius 2 is 1.91 bits per heavy atom. The summed E-state index contributed by atoms with van der Waals surface area (Å²) in [5.41, 5.74) is 2.63. The van der Waals surface area contributed by atoms with Crippen LogP contribution in [0.15, 0.2) is 42.6 Å². The van der Waals surface area contributed by atoms with Crippen LogP contribution in [0.1, 0.15) is 30.9 Å². The number of hydrogen-bond donors (Lipinski definition) is 1. The Balaban J connectivity index is 1.54. The van der Waals surface area contributed by atoms with Crippen molar-refractivity contribution in [1.29, 1.82) is 0 Å². The summed E-state index contributed by atoms with van der Waals surface area (Å²) >= 11 is 0. The highest BCUT2D eigenvalue weighted by Crippen LogP contribution is 2.47. The number of nitrogens with zero attached hydrogens (tertiary/aromatic N) is 2. The second-order valence-corrected chi connectivity index (χ2v) is 6.43. The van der Waals surface area contributed by atoms with Crippen molar-refractivity contribution in [2.24, 2.45) is 0 Å². The van der Waals surface area contributed by atoms with Gasteiger partial charge in [0.1, 0.15) is 11.6 Å². The molecule has 0 atom stereocenters. The standard InChI is InChI=1S/C19H24FN3/c1-3-23(2)18-9-4-15(13-22-18)12-21-14-19(10-11-19)16-5-7-17(20)8-6-16/h4-9,13,21H,3,10-12,14H2,1-2H3. The number of pyridine rings is 1. The first-order valence-electron chi connectivity index (χ1n) is 8.26. The van der Waals surface area contributed by atoms with Crippen molar-refractivity contribution in [1.82, 2.24) is 10.3 Å². The highest BCUT2D eigenvalue weighted by Gasteiger charge is 2.43. The molecule has 0 bridgehead atoms. The van der Waals surface area contributed by atoms with Crippen LogP contribution in [0.3, 0.4) is 0 Å². The molecule has 0 radical (unpaired) electrons. The lowest BCUT2D eigenvalue weighted by Crippen LogP contribution is -2.26. The first-order valence-corrected chi connectivity index (χ1v) is 8.26. The van der Waals surface area contributed by atoms with Crippen molar-refractivity contribution < 1.29 is 4.39 Å². The Morgan fingerprint density at radius 1 is 1.17 bits per heavy atom. The monoisotopic (exact) mass is 313 g/mol. The zero-order valence-corrected chi connectivity index (χ0v) is 13.8. The van der Waals surface area contributed by atoms with Gasteiger partial charge >= 0.3 is 0 Å². The average molecular weight is 313 g/mol. The highest BCUT2D eigenvalue weighted by molar-refractivity contribution is 5.38. The summed E-state index contributed by atoms with van der Waals surface area (Å²) in [6.07, 6.45) is 4.28. The van der Waals surface area contributed by atoms with Gasteiger partial charge in [0.2, 0.25) is 0 Å². The molecule has 0 aliphatic heterocycles. The number of aromatic nitrogens is 1. The minimum absolute atomic E-state index is 0.166. The van der Waals surface area contributed by atoms with Gasteiger partial charge in [-0.05, 0) is 49.1 Å². The molecule has 4 heteroatoms. The van der Waals surface area contributed by atoms with E-state index in [-0.39, 0.29) is 11.2 Å². The van der Waals surface area contributed by atoms with Gasteiger partial charge in [-0.15, -0.1) is 0 Å². The SMILES string of the molecule is CCN(C)c1ccc(CNCC2(c3ccc(F)cc3)CC2)cn1. The summed E-state index contributed by atoms with van der Waals surface area (Å²) in [5, 5.41) is 3.53. The molecule has 0 saturated heterocycles. The van der Waals surface area contributed by atoms with Gasteiger partial charge in [0.15, 0.2) is 0 Å². The van der Waals surface area contributed by atoms with Crippen molar-refractivity contribution in [2.45, 2.75) is 31.7 Å². The molecule has 1 saturated carbocycles. The van der Waals surface area contributed by atoms with Gasteiger partial charge in [-0.1, -0.05) is 18.2 Å². The fourth-order valence-corrected chi connectivity index (χ4v) is 2.88. The van der Waals surface area contributed by atoms with E-state index in [1.165, 1.54) is 24.0 Å². The third-order valence-corrected chi connectivity index (χ3v) is 4.78. The average Bonchev–Trinajstić information content (AvgIpc) is 3.36. The molecule has 3 rings (SSSR count). The topological polar surface area (TPSA) is 28.2 Å². The van der Waals surface area contributed by atoms with E-state index >= 15 is 0 Å². The van der Waals surface area contributed by atoms with Gasteiger partial charge < -0.3 is 10.2 Å². The molecule has 1 fully saturated rings. The van der Waals surface area contributed by atoms with Crippen molar-refractivity contribution in [3.63, 3.8) is 0 Å². The number of rotatable bonds is 7. The van der Waals surface area contributed by atoms with Gasteiger partial charge in [-0.3, -0.25) is 0 Å². The van der Waals surface area contributed by atoms with Crippen LogP contribution in [-0.4, -0.2) is 25.1 Å². The number of halogens is 1. The second kappa shape index (κ2) is 6.67. The molecule has 1 aliphatic rings. The normalized spacial score (nSPS) is 15.4. The molecule has 0 unspecified atom stereocenters. The van der Waals surface area contributed by atoms with Gasteiger partial charge in [0.05, 0.1) is 0 Å². The Kier molecular flexibility index (Phi) is 4.62. The van der Waals surface area contributed by atoms with Gasteiger partial charge in [0, 0.05) is 38.3 Å². The van der Waals surface area contributed by atoms with Gasteiger partial charge in [0.25, 0.3) is 0 Å². The first kappa shape index (κ1) is 15.9. The molecular weight excluding hydrogens is 289 g/mol. The molecule has 1 aromatic heterocycles. The molecule has 0 spiro atoms. The van der Waals surface area contributed by atoms with E-state index in [1.54, 1.807) is 12.1 Å². The zero-order valence-electron chi connectivity index (χ0n) is 13.8. The van der Waals surface area contributed by atoms with Crippen LogP contribution in [0.4, 0.5) is 10.2 Å². The fourth-order valence-electron chi connectivity index (χ4n) is 2.88. The van der Waals surface area contributed by atoms with Crippen LogP contribution in [0.25, 0.3) is 0 Å². The molecule has 0 amide bonds. The summed E-state index contributed by atoms with van der Waals surface area (Å²) in [4.78, 5) is 6.61. The number of nitrogens with one attached hydrogen (secondary N) is 1. The Morgan fingerprint density at radius 3 is 2.48 bits per heavy atom. The van der Waals surface area contributed by atoms with E-state index in [0.717, 1.165) is 25.5 Å². The zero-order chi connectivity index (χ0) is 16.3. The van der Waals surface area contributed by atoms with Crippen molar-refractivity contribution in [3.8, 4) is 0 Å². The molecule has 23 heavy (non-hydrogen) atoms. The summed E-state index contributed by atoms with van der Waals surface area (Å²) in [5.74, 6) is 0.835. The molecular formula is C19H24FN3. The van der Waals surface area contributed by atoms with Crippen LogP contribution in [0, 0.1) is 5.82 Å². The summed E-state index contributed by atoms with van der Waals surface area (Å²) < 4.78 is 13.1. The van der Waals surface area contributed by atoms with Crippen LogP contribution in [-0.2, 0) is 12.0 Å². The van der Waals surface area contributed by atoms with E-state index in [2.05, 4.69) is 34.3 Å². The van der Waals surface area contributed by atoms with Crippen LogP contribution < -0.4 is 10.2 Å². The molecule has 3 nitrogen and oxygen atoms in total. The van der Waals surface area contributed by atoms with Crippen molar-refractivity contribution in [3.05, 3.63) is 59.5 Å². The fraction of sp³-hybridized carbons (Fsp3) is 0.421. The summed E-state index contributed by atoms with van der Waals surface area (Å²) in [7, 11) is 2.04. The minimum atomic E-state index is -0.166. The van der Waals surface area contributed by atoms with E-state index in [0.29, 0.717) is 0 Å². The first-order chi connectivity index (χ1) is 11.1. The smallest absolute Gasteiger partial charge is 0.128 e. The van der Waals surface area contributed by atoms with Gasteiger partial charge in [-0.2, -0.15) is 0 Å². The maximum absolute atomic E-state index is 13.1.